The molecule has 0 heterocycles. The topological polar surface area (TPSA) is 67.0 Å². The maximum absolute atomic E-state index is 12.7. The molecule has 4 N–H and O–H groups in total. The van der Waals surface area contributed by atoms with Gasteiger partial charge in [-0.3, -0.25) is 5.41 Å². The molecule has 1 aromatic rings. The smallest absolute Gasteiger partial charge is 0.433 e. The van der Waals surface area contributed by atoms with Gasteiger partial charge in [-0.1, -0.05) is 26.7 Å². The van der Waals surface area contributed by atoms with Gasteiger partial charge in [0, 0.05) is 0 Å². The standard InChI is InChI=1S/C14H18F3NO2/c1-3-5-8-7-10(13(18)14(15,16)17)12(20)9(6-4-2)11(8)19/h7,18-20H,3-6H2,1-2H3/p+1. The molecule has 0 spiro atoms. The van der Waals surface area contributed by atoms with E-state index in [0.717, 1.165) is 6.07 Å². The maximum atomic E-state index is 12.7. The Morgan fingerprint density at radius 1 is 1.25 bits per heavy atom. The SMILES string of the molecule is CCCc1cc(C(=N)C(F)(F)F)c([OH2+])c(CCC)c1O. The van der Waals surface area contributed by atoms with Crippen molar-refractivity contribution in [3.63, 3.8) is 0 Å². The van der Waals surface area contributed by atoms with Crippen LogP contribution in [-0.2, 0) is 12.8 Å². The molecular weight excluding hydrogens is 271 g/mol. The predicted molar refractivity (Wildman–Crippen MR) is 72.0 cm³/mol. The summed E-state index contributed by atoms with van der Waals surface area (Å²) in [6, 6.07) is 1.12. The molecule has 0 aliphatic heterocycles. The van der Waals surface area contributed by atoms with Crippen molar-refractivity contribution in [3.05, 3.63) is 22.8 Å². The van der Waals surface area contributed by atoms with E-state index in [4.69, 9.17) is 10.5 Å². The van der Waals surface area contributed by atoms with Crippen LogP contribution >= 0.6 is 0 Å². The van der Waals surface area contributed by atoms with Crippen LogP contribution in [0.5, 0.6) is 11.5 Å². The quantitative estimate of drug-likeness (QED) is 0.630. The zero-order valence-electron chi connectivity index (χ0n) is 11.5. The Labute approximate surface area is 115 Å². The Morgan fingerprint density at radius 3 is 2.25 bits per heavy atom. The van der Waals surface area contributed by atoms with Crippen molar-refractivity contribution in [2.45, 2.75) is 45.7 Å². The number of nitrogens with one attached hydrogen (secondary N) is 1. The normalized spacial score (nSPS) is 11.7. The summed E-state index contributed by atoms with van der Waals surface area (Å²) in [5, 5.41) is 25.1. The summed E-state index contributed by atoms with van der Waals surface area (Å²) in [6.07, 6.45) is -2.79. The minimum Gasteiger partial charge on any atom is -0.593 e. The van der Waals surface area contributed by atoms with Gasteiger partial charge in [-0.25, -0.2) is 0 Å². The molecule has 112 valence electrons. The molecule has 1 rings (SSSR count). The van der Waals surface area contributed by atoms with E-state index in [1.165, 1.54) is 0 Å². The Bertz CT molecular complexity index is 510. The van der Waals surface area contributed by atoms with Gasteiger partial charge in [0.05, 0.1) is 5.56 Å². The lowest BCUT2D eigenvalue weighted by Crippen LogP contribution is -2.23. The summed E-state index contributed by atoms with van der Waals surface area (Å²) in [4.78, 5) is 0. The van der Waals surface area contributed by atoms with Crippen molar-refractivity contribution in [2.24, 2.45) is 0 Å². The van der Waals surface area contributed by atoms with E-state index in [1.807, 2.05) is 13.8 Å². The van der Waals surface area contributed by atoms with Gasteiger partial charge in [0.2, 0.25) is 0 Å². The van der Waals surface area contributed by atoms with Crippen LogP contribution in [0, 0.1) is 5.41 Å². The van der Waals surface area contributed by atoms with Gasteiger partial charge in [0.1, 0.15) is 11.3 Å². The first-order chi connectivity index (χ1) is 9.23. The van der Waals surface area contributed by atoms with Gasteiger partial charge in [-0.2, -0.15) is 13.2 Å². The van der Waals surface area contributed by atoms with E-state index >= 15 is 0 Å². The van der Waals surface area contributed by atoms with E-state index in [9.17, 15) is 18.3 Å². The average Bonchev–Trinajstić information content (AvgIpc) is 2.36. The molecule has 0 aliphatic carbocycles. The van der Waals surface area contributed by atoms with Gasteiger partial charge in [0.25, 0.3) is 5.75 Å². The van der Waals surface area contributed by atoms with E-state index in [1.54, 1.807) is 0 Å². The highest BCUT2D eigenvalue weighted by Crippen LogP contribution is 2.38. The Morgan fingerprint density at radius 2 is 1.80 bits per heavy atom. The van der Waals surface area contributed by atoms with Gasteiger partial charge in [0.15, 0.2) is 5.71 Å². The summed E-state index contributed by atoms with van der Waals surface area (Å²) in [7, 11) is 0. The van der Waals surface area contributed by atoms with Gasteiger partial charge >= 0.3 is 6.18 Å². The molecule has 0 aromatic heterocycles. The largest absolute Gasteiger partial charge is 0.593 e. The molecule has 6 heteroatoms. The van der Waals surface area contributed by atoms with Gasteiger partial charge in [-0.15, -0.1) is 0 Å². The van der Waals surface area contributed by atoms with Crippen LogP contribution in [0.15, 0.2) is 6.07 Å². The Kier molecular flexibility index (Phi) is 5.03. The lowest BCUT2D eigenvalue weighted by atomic mass is 9.94. The second kappa shape index (κ2) is 6.15. The highest BCUT2D eigenvalue weighted by atomic mass is 19.4. The number of hydrogen-bond acceptors (Lipinski definition) is 2. The predicted octanol–water partition coefficient (Wildman–Crippen LogP) is 3.67. The zero-order chi connectivity index (χ0) is 15.5. The van der Waals surface area contributed by atoms with Gasteiger partial charge < -0.3 is 10.2 Å². The second-order valence-electron chi connectivity index (χ2n) is 4.66. The van der Waals surface area contributed by atoms with Crippen LogP contribution in [0.1, 0.15) is 43.4 Å². The second-order valence-corrected chi connectivity index (χ2v) is 4.66. The third kappa shape index (κ3) is 3.23. The first kappa shape index (κ1) is 16.3. The number of hydrogen-bond donors (Lipinski definition) is 2. The van der Waals surface area contributed by atoms with E-state index < -0.39 is 23.2 Å². The number of alkyl halides is 3. The first-order valence-corrected chi connectivity index (χ1v) is 6.49. The van der Waals surface area contributed by atoms with Crippen LogP contribution in [0.3, 0.4) is 0 Å². The lowest BCUT2D eigenvalue weighted by Gasteiger charge is -2.14. The molecule has 0 atom stereocenters. The number of aromatic hydroxyl groups is 1. The monoisotopic (exact) mass is 290 g/mol. The fourth-order valence-corrected chi connectivity index (χ4v) is 2.09. The maximum Gasteiger partial charge on any atom is 0.433 e. The number of aryl methyl sites for hydroxylation is 1. The van der Waals surface area contributed by atoms with Crippen molar-refractivity contribution >= 4 is 5.71 Å². The van der Waals surface area contributed by atoms with E-state index in [2.05, 4.69) is 0 Å². The van der Waals surface area contributed by atoms with Gasteiger partial charge in [-0.05, 0) is 24.5 Å². The minimum absolute atomic E-state index is 0.0996. The van der Waals surface area contributed by atoms with Crippen molar-refractivity contribution in [1.29, 1.82) is 5.41 Å². The van der Waals surface area contributed by atoms with Crippen LogP contribution < -0.4 is 0 Å². The van der Waals surface area contributed by atoms with Crippen molar-refractivity contribution < 1.29 is 23.4 Å². The number of phenols is 1. The minimum atomic E-state index is -4.79. The van der Waals surface area contributed by atoms with Crippen LogP contribution in [0.2, 0.25) is 0 Å². The summed E-state index contributed by atoms with van der Waals surface area (Å²) < 4.78 is 38.0. The van der Waals surface area contributed by atoms with Crippen LogP contribution in [0.4, 0.5) is 13.2 Å². The number of benzene rings is 1. The van der Waals surface area contributed by atoms with Crippen molar-refractivity contribution in [3.8, 4) is 11.5 Å². The summed E-state index contributed by atoms with van der Waals surface area (Å²) >= 11 is 0. The molecule has 0 amide bonds. The van der Waals surface area contributed by atoms with Crippen LogP contribution in [-0.4, -0.2) is 22.1 Å². The molecule has 0 saturated carbocycles. The summed E-state index contributed by atoms with van der Waals surface area (Å²) in [6.45, 7) is 3.67. The molecule has 3 nitrogen and oxygen atoms in total. The van der Waals surface area contributed by atoms with E-state index in [-0.39, 0.29) is 11.3 Å². The van der Waals surface area contributed by atoms with E-state index in [0.29, 0.717) is 31.2 Å². The third-order valence-corrected chi connectivity index (χ3v) is 3.05. The van der Waals surface area contributed by atoms with Crippen molar-refractivity contribution in [1.82, 2.24) is 0 Å². The summed E-state index contributed by atoms with van der Waals surface area (Å²) in [5.74, 6) is -0.496. The Balaban J connectivity index is 3.48. The molecule has 0 fully saturated rings. The molecule has 0 bridgehead atoms. The molecule has 0 unspecified atom stereocenters. The lowest BCUT2D eigenvalue weighted by molar-refractivity contribution is -0.0588. The Hall–Kier alpha value is -1.72. The summed E-state index contributed by atoms with van der Waals surface area (Å²) in [5.41, 5.74) is -1.42. The third-order valence-electron chi connectivity index (χ3n) is 3.05. The molecule has 0 aliphatic rings. The zero-order valence-corrected chi connectivity index (χ0v) is 11.5. The average molecular weight is 290 g/mol. The number of phenolic OH excluding ortho intramolecular Hbond substituents is 1. The number of halogens is 3. The highest BCUT2D eigenvalue weighted by molar-refractivity contribution is 6.05. The molecule has 20 heavy (non-hydrogen) atoms. The molecule has 0 saturated heterocycles. The first-order valence-electron chi connectivity index (χ1n) is 6.49. The fourth-order valence-electron chi connectivity index (χ4n) is 2.09. The highest BCUT2D eigenvalue weighted by Gasteiger charge is 2.39. The fraction of sp³-hybridized carbons (Fsp3) is 0.500. The molecular formula is C14H19F3NO2+. The molecule has 1 aromatic carbocycles. The van der Waals surface area contributed by atoms with Crippen molar-refractivity contribution in [2.75, 3.05) is 0 Å². The molecule has 0 radical (unpaired) electrons. The van der Waals surface area contributed by atoms with Crippen LogP contribution in [0.25, 0.3) is 0 Å². The number of rotatable bonds is 5.